The van der Waals surface area contributed by atoms with Crippen LogP contribution >= 0.6 is 0 Å². The Labute approximate surface area is 123 Å². The Hall–Kier alpha value is -2.44. The van der Waals surface area contributed by atoms with E-state index in [1.807, 2.05) is 18.2 Å². The van der Waals surface area contributed by atoms with Gasteiger partial charge in [-0.15, -0.1) is 0 Å². The molecule has 21 heavy (non-hydrogen) atoms. The van der Waals surface area contributed by atoms with Gasteiger partial charge in [-0.05, 0) is 19.1 Å². The van der Waals surface area contributed by atoms with Crippen molar-refractivity contribution in [1.29, 1.82) is 0 Å². The second kappa shape index (κ2) is 7.98. The molecular weight excluding hydrogens is 268 g/mol. The molecule has 0 aromatic carbocycles. The Bertz CT molecular complexity index is 566. The maximum Gasteiger partial charge on any atom is 0.228 e. The largest absolute Gasteiger partial charge is 0.356 e. The molecular formula is C14H20N6O. The molecule has 0 radical (unpaired) electrons. The van der Waals surface area contributed by atoms with Crippen molar-refractivity contribution in [3.63, 3.8) is 0 Å². The van der Waals surface area contributed by atoms with Crippen molar-refractivity contribution in [3.8, 4) is 0 Å². The first kappa shape index (κ1) is 15.0. The molecule has 0 aliphatic carbocycles. The topological polar surface area (TPSA) is 88.2 Å². The van der Waals surface area contributed by atoms with Crippen LogP contribution in [0.15, 0.2) is 33.9 Å². The van der Waals surface area contributed by atoms with Gasteiger partial charge in [0, 0.05) is 44.9 Å². The minimum Gasteiger partial charge on any atom is -0.356 e. The van der Waals surface area contributed by atoms with Gasteiger partial charge in [-0.1, -0.05) is 11.2 Å². The SMILES string of the molecule is CN=C(NCCc1ccccn1)NCCc1nc(C)no1. The summed E-state index contributed by atoms with van der Waals surface area (Å²) in [5.74, 6) is 2.04. The summed E-state index contributed by atoms with van der Waals surface area (Å²) in [6.07, 6.45) is 3.32. The zero-order chi connectivity index (χ0) is 14.9. The van der Waals surface area contributed by atoms with E-state index in [4.69, 9.17) is 4.52 Å². The molecule has 0 amide bonds. The number of aryl methyl sites for hydroxylation is 1. The smallest absolute Gasteiger partial charge is 0.228 e. The molecule has 0 saturated carbocycles. The first-order valence-electron chi connectivity index (χ1n) is 6.91. The highest BCUT2D eigenvalue weighted by Gasteiger charge is 2.03. The molecule has 0 unspecified atom stereocenters. The number of hydrogen-bond acceptors (Lipinski definition) is 5. The van der Waals surface area contributed by atoms with Crippen LogP contribution in [0.5, 0.6) is 0 Å². The van der Waals surface area contributed by atoms with Crippen molar-refractivity contribution >= 4 is 5.96 Å². The Morgan fingerprint density at radius 3 is 2.67 bits per heavy atom. The highest BCUT2D eigenvalue weighted by Crippen LogP contribution is 1.95. The van der Waals surface area contributed by atoms with Crippen LogP contribution in [0.2, 0.25) is 0 Å². The lowest BCUT2D eigenvalue weighted by molar-refractivity contribution is 0.374. The molecule has 2 aromatic rings. The van der Waals surface area contributed by atoms with Gasteiger partial charge in [-0.25, -0.2) is 0 Å². The summed E-state index contributed by atoms with van der Waals surface area (Å²) in [6.45, 7) is 3.26. The molecule has 0 atom stereocenters. The fourth-order valence-electron chi connectivity index (χ4n) is 1.81. The van der Waals surface area contributed by atoms with E-state index in [-0.39, 0.29) is 0 Å². The van der Waals surface area contributed by atoms with E-state index < -0.39 is 0 Å². The normalized spacial score (nSPS) is 11.4. The molecule has 2 N–H and O–H groups in total. The third kappa shape index (κ3) is 5.21. The van der Waals surface area contributed by atoms with Crippen LogP contribution in [0, 0.1) is 6.92 Å². The molecule has 0 aliphatic heterocycles. The minimum atomic E-state index is 0.629. The number of nitrogens with one attached hydrogen (secondary N) is 2. The maximum absolute atomic E-state index is 5.05. The molecule has 112 valence electrons. The number of hydrogen-bond donors (Lipinski definition) is 2. The fourth-order valence-corrected chi connectivity index (χ4v) is 1.81. The molecule has 0 fully saturated rings. The van der Waals surface area contributed by atoms with Crippen molar-refractivity contribution in [2.75, 3.05) is 20.1 Å². The Kier molecular flexibility index (Phi) is 5.69. The lowest BCUT2D eigenvalue weighted by Gasteiger charge is -2.10. The molecule has 7 heteroatoms. The lowest BCUT2D eigenvalue weighted by Crippen LogP contribution is -2.39. The predicted octanol–water partition coefficient (Wildman–Crippen LogP) is 0.723. The van der Waals surface area contributed by atoms with E-state index in [0.29, 0.717) is 24.7 Å². The van der Waals surface area contributed by atoms with Gasteiger partial charge in [0.2, 0.25) is 5.89 Å². The van der Waals surface area contributed by atoms with E-state index in [2.05, 4.69) is 30.8 Å². The van der Waals surface area contributed by atoms with Crippen molar-refractivity contribution < 1.29 is 4.52 Å². The summed E-state index contributed by atoms with van der Waals surface area (Å²) < 4.78 is 5.05. The fraction of sp³-hybridized carbons (Fsp3) is 0.429. The number of aromatic nitrogens is 3. The summed E-state index contributed by atoms with van der Waals surface area (Å²) in [5, 5.41) is 10.2. The van der Waals surface area contributed by atoms with Gasteiger partial charge in [0.05, 0.1) is 0 Å². The van der Waals surface area contributed by atoms with Crippen molar-refractivity contribution in [1.82, 2.24) is 25.8 Å². The number of nitrogens with zero attached hydrogens (tertiary/aromatic N) is 4. The molecule has 0 spiro atoms. The van der Waals surface area contributed by atoms with Gasteiger partial charge in [0.1, 0.15) is 0 Å². The zero-order valence-corrected chi connectivity index (χ0v) is 12.3. The summed E-state index contributed by atoms with van der Waals surface area (Å²) in [4.78, 5) is 12.6. The molecule has 0 aliphatic rings. The van der Waals surface area contributed by atoms with E-state index in [9.17, 15) is 0 Å². The summed E-state index contributed by atoms with van der Waals surface area (Å²) >= 11 is 0. The van der Waals surface area contributed by atoms with Crippen LogP contribution in [0.25, 0.3) is 0 Å². The number of aliphatic imine (C=N–C) groups is 1. The number of guanidine groups is 1. The Balaban J connectivity index is 1.66. The first-order chi connectivity index (χ1) is 10.3. The van der Waals surface area contributed by atoms with Gasteiger partial charge in [-0.3, -0.25) is 9.98 Å². The lowest BCUT2D eigenvalue weighted by atomic mass is 10.3. The molecule has 7 nitrogen and oxygen atoms in total. The highest BCUT2D eigenvalue weighted by atomic mass is 16.5. The summed E-state index contributed by atoms with van der Waals surface area (Å²) in [5.41, 5.74) is 1.06. The third-order valence-electron chi connectivity index (χ3n) is 2.82. The van der Waals surface area contributed by atoms with E-state index in [1.54, 1.807) is 20.2 Å². The van der Waals surface area contributed by atoms with Crippen molar-refractivity contribution in [2.45, 2.75) is 19.8 Å². The molecule has 2 aromatic heterocycles. The summed E-state index contributed by atoms with van der Waals surface area (Å²) in [6, 6.07) is 5.91. The van der Waals surface area contributed by atoms with Crippen molar-refractivity contribution in [2.24, 2.45) is 4.99 Å². The average Bonchev–Trinajstić information content (AvgIpc) is 2.92. The van der Waals surface area contributed by atoms with Gasteiger partial charge in [-0.2, -0.15) is 4.98 Å². The van der Waals surface area contributed by atoms with Gasteiger partial charge in [0.25, 0.3) is 0 Å². The number of rotatable bonds is 6. The van der Waals surface area contributed by atoms with E-state index >= 15 is 0 Å². The van der Waals surface area contributed by atoms with E-state index in [1.165, 1.54) is 0 Å². The molecule has 2 rings (SSSR count). The third-order valence-corrected chi connectivity index (χ3v) is 2.82. The van der Waals surface area contributed by atoms with Crippen LogP contribution < -0.4 is 10.6 Å². The summed E-state index contributed by atoms with van der Waals surface area (Å²) in [7, 11) is 1.74. The van der Waals surface area contributed by atoms with E-state index in [0.717, 1.165) is 24.6 Å². The minimum absolute atomic E-state index is 0.629. The standard InChI is InChI=1S/C14H20N6O/c1-11-19-13(21-20-11)7-10-18-14(15-2)17-9-6-12-5-3-4-8-16-12/h3-5,8H,6-7,9-10H2,1-2H3,(H2,15,17,18). The van der Waals surface area contributed by atoms with Crippen LogP contribution in [-0.2, 0) is 12.8 Å². The van der Waals surface area contributed by atoms with Gasteiger partial charge in [0.15, 0.2) is 11.8 Å². The second-order valence-corrected chi connectivity index (χ2v) is 4.48. The first-order valence-corrected chi connectivity index (χ1v) is 6.91. The zero-order valence-electron chi connectivity index (χ0n) is 12.3. The Morgan fingerprint density at radius 1 is 1.24 bits per heavy atom. The van der Waals surface area contributed by atoms with Crippen molar-refractivity contribution in [3.05, 3.63) is 41.8 Å². The average molecular weight is 288 g/mol. The molecule has 2 heterocycles. The second-order valence-electron chi connectivity index (χ2n) is 4.48. The maximum atomic E-state index is 5.05. The monoisotopic (exact) mass is 288 g/mol. The van der Waals surface area contributed by atoms with Crippen LogP contribution in [0.4, 0.5) is 0 Å². The number of pyridine rings is 1. The predicted molar refractivity (Wildman–Crippen MR) is 80.0 cm³/mol. The van der Waals surface area contributed by atoms with Crippen LogP contribution in [-0.4, -0.2) is 41.2 Å². The quantitative estimate of drug-likeness (QED) is 0.601. The van der Waals surface area contributed by atoms with Crippen LogP contribution in [0.1, 0.15) is 17.4 Å². The van der Waals surface area contributed by atoms with Gasteiger partial charge >= 0.3 is 0 Å². The highest BCUT2D eigenvalue weighted by molar-refractivity contribution is 5.79. The van der Waals surface area contributed by atoms with Gasteiger partial charge < -0.3 is 15.2 Å². The Morgan fingerprint density at radius 2 is 2.05 bits per heavy atom. The van der Waals surface area contributed by atoms with Crippen LogP contribution in [0.3, 0.4) is 0 Å². The molecule has 0 saturated heterocycles. The molecule has 0 bridgehead atoms.